The average Bonchev–Trinajstić information content (AvgIpc) is 2.14. The van der Waals surface area contributed by atoms with Gasteiger partial charge in [0.1, 0.15) is 23.3 Å². The van der Waals surface area contributed by atoms with Crippen molar-refractivity contribution in [1.29, 1.82) is 0 Å². The van der Waals surface area contributed by atoms with Crippen LogP contribution in [0.25, 0.3) is 0 Å². The van der Waals surface area contributed by atoms with Gasteiger partial charge in [0, 0.05) is 5.57 Å². The minimum absolute atomic E-state index is 0.157. The van der Waals surface area contributed by atoms with E-state index in [1.165, 1.54) is 6.92 Å². The number of nitrogens with zero attached hydrogens (tertiary/aromatic N) is 1. The summed E-state index contributed by atoms with van der Waals surface area (Å²) in [6.07, 6.45) is 0. The minimum Gasteiger partial charge on any atom is -0.748 e. The summed E-state index contributed by atoms with van der Waals surface area (Å²) in [5.74, 6) is -0.473. The van der Waals surface area contributed by atoms with Crippen LogP contribution in [-0.4, -0.2) is 62.5 Å². The molecule has 0 N–H and O–H groups in total. The van der Waals surface area contributed by atoms with Crippen LogP contribution in [0.2, 0.25) is 0 Å². The molecule has 0 aliphatic heterocycles. The predicted octanol–water partition coefficient (Wildman–Crippen LogP) is 0.116. The average molecular weight is 279 g/mol. The van der Waals surface area contributed by atoms with E-state index >= 15 is 0 Å². The highest BCUT2D eigenvalue weighted by Gasteiger charge is 2.23. The number of hydrogen-bond donors (Lipinski definition) is 0. The fourth-order valence-electron chi connectivity index (χ4n) is 1.39. The summed E-state index contributed by atoms with van der Waals surface area (Å²) < 4.78 is 37.7. The van der Waals surface area contributed by atoms with Gasteiger partial charge in [-0.1, -0.05) is 6.58 Å². The maximum atomic E-state index is 11.1. The predicted molar refractivity (Wildman–Crippen MR) is 66.8 cm³/mol. The number of ether oxygens (including phenoxy) is 1. The summed E-state index contributed by atoms with van der Waals surface area (Å²) in [5, 5.41) is -0.968. The van der Waals surface area contributed by atoms with Gasteiger partial charge in [0.25, 0.3) is 0 Å². The molecule has 0 aromatic heterocycles. The molecule has 0 aliphatic carbocycles. The van der Waals surface area contributed by atoms with Gasteiger partial charge < -0.3 is 13.8 Å². The van der Waals surface area contributed by atoms with Gasteiger partial charge in [-0.3, -0.25) is 0 Å². The maximum absolute atomic E-state index is 11.1. The zero-order chi connectivity index (χ0) is 14.6. The molecular formula is C11H21NO5S. The molecule has 0 aromatic carbocycles. The fraction of sp³-hybridized carbons (Fsp3) is 0.727. The van der Waals surface area contributed by atoms with Crippen LogP contribution in [0.5, 0.6) is 0 Å². The smallest absolute Gasteiger partial charge is 0.333 e. The standard InChI is InChI=1S/C11H21NO5S/c1-9(2)11(13)17-7-6-12(4,5)8-10(3)18(14,15)16/h10H,1,6-8H2,2-5H3. The Morgan fingerprint density at radius 2 is 1.94 bits per heavy atom. The van der Waals surface area contributed by atoms with Crippen LogP contribution < -0.4 is 0 Å². The molecule has 1 atom stereocenters. The van der Waals surface area contributed by atoms with E-state index < -0.39 is 21.3 Å². The monoisotopic (exact) mass is 279 g/mol. The Morgan fingerprint density at radius 1 is 1.44 bits per heavy atom. The lowest BCUT2D eigenvalue weighted by Gasteiger charge is -2.32. The SMILES string of the molecule is C=C(C)C(=O)OCC[N+](C)(C)CC(C)S(=O)(=O)[O-]. The van der Waals surface area contributed by atoms with E-state index in [0.717, 1.165) is 0 Å². The van der Waals surface area contributed by atoms with Crippen molar-refractivity contribution in [3.63, 3.8) is 0 Å². The molecule has 6 nitrogen and oxygen atoms in total. The number of likely N-dealkylation sites (N-methyl/N-ethyl adjacent to an activating group) is 1. The molecule has 0 rings (SSSR count). The highest BCUT2D eigenvalue weighted by Crippen LogP contribution is 2.06. The van der Waals surface area contributed by atoms with Crippen LogP contribution in [0.15, 0.2) is 12.2 Å². The topological polar surface area (TPSA) is 83.5 Å². The normalized spacial score (nSPS) is 14.1. The maximum Gasteiger partial charge on any atom is 0.333 e. The molecule has 18 heavy (non-hydrogen) atoms. The summed E-state index contributed by atoms with van der Waals surface area (Å²) in [6.45, 7) is 7.14. The van der Waals surface area contributed by atoms with Crippen molar-refractivity contribution in [2.45, 2.75) is 19.1 Å². The molecule has 0 amide bonds. The largest absolute Gasteiger partial charge is 0.748 e. The molecule has 0 saturated heterocycles. The molecule has 7 heteroatoms. The van der Waals surface area contributed by atoms with Crippen LogP contribution in [0, 0.1) is 0 Å². The molecule has 106 valence electrons. The zero-order valence-electron chi connectivity index (χ0n) is 11.3. The van der Waals surface area contributed by atoms with Gasteiger partial charge >= 0.3 is 5.97 Å². The second kappa shape index (κ2) is 6.31. The van der Waals surface area contributed by atoms with Gasteiger partial charge in [-0.05, 0) is 13.8 Å². The highest BCUT2D eigenvalue weighted by molar-refractivity contribution is 7.86. The van der Waals surface area contributed by atoms with Crippen LogP contribution in [0.3, 0.4) is 0 Å². The first kappa shape index (κ1) is 17.1. The Hall–Kier alpha value is -0.920. The Labute approximate surface area is 109 Å². The molecule has 0 fully saturated rings. The van der Waals surface area contributed by atoms with E-state index in [4.69, 9.17) is 4.74 Å². The number of esters is 1. The third kappa shape index (κ3) is 6.73. The quantitative estimate of drug-likeness (QED) is 0.286. The third-order valence-corrected chi connectivity index (χ3v) is 3.66. The first-order valence-electron chi connectivity index (χ1n) is 5.55. The number of carbonyl (C=O) groups is 1. The van der Waals surface area contributed by atoms with Gasteiger partial charge in [0.2, 0.25) is 0 Å². The van der Waals surface area contributed by atoms with E-state index in [-0.39, 0.29) is 17.6 Å². The van der Waals surface area contributed by atoms with Crippen molar-refractivity contribution in [2.75, 3.05) is 33.8 Å². The number of rotatable bonds is 7. The second-order valence-electron chi connectivity index (χ2n) is 5.06. The molecule has 0 saturated carbocycles. The minimum atomic E-state index is -4.28. The van der Waals surface area contributed by atoms with Crippen LogP contribution in [0.1, 0.15) is 13.8 Å². The molecule has 1 unspecified atom stereocenters. The van der Waals surface area contributed by atoms with Crippen LogP contribution >= 0.6 is 0 Å². The Morgan fingerprint density at radius 3 is 2.33 bits per heavy atom. The lowest BCUT2D eigenvalue weighted by atomic mass is 10.3. The van der Waals surface area contributed by atoms with Crippen molar-refractivity contribution in [3.8, 4) is 0 Å². The number of hydrogen-bond acceptors (Lipinski definition) is 5. The zero-order valence-corrected chi connectivity index (χ0v) is 12.1. The van der Waals surface area contributed by atoms with Crippen molar-refractivity contribution in [2.24, 2.45) is 0 Å². The van der Waals surface area contributed by atoms with E-state index in [1.54, 1.807) is 21.0 Å². The fourth-order valence-corrected chi connectivity index (χ4v) is 1.97. The highest BCUT2D eigenvalue weighted by atomic mass is 32.2. The summed E-state index contributed by atoms with van der Waals surface area (Å²) in [5.41, 5.74) is 0.316. The molecule has 0 radical (unpaired) electrons. The van der Waals surface area contributed by atoms with E-state index in [1.807, 2.05) is 0 Å². The first-order chi connectivity index (χ1) is 7.96. The lowest BCUT2D eigenvalue weighted by Crippen LogP contribution is -2.48. The molecule has 0 bridgehead atoms. The number of carbonyl (C=O) groups excluding carboxylic acids is 1. The molecule has 0 aromatic rings. The van der Waals surface area contributed by atoms with E-state index in [9.17, 15) is 17.8 Å². The van der Waals surface area contributed by atoms with Gasteiger partial charge in [-0.15, -0.1) is 0 Å². The first-order valence-corrected chi connectivity index (χ1v) is 7.02. The van der Waals surface area contributed by atoms with Crippen LogP contribution in [0.4, 0.5) is 0 Å². The van der Waals surface area contributed by atoms with Gasteiger partial charge in [0.15, 0.2) is 0 Å². The van der Waals surface area contributed by atoms with Crippen molar-refractivity contribution in [1.82, 2.24) is 0 Å². The van der Waals surface area contributed by atoms with E-state index in [0.29, 0.717) is 12.1 Å². The van der Waals surface area contributed by atoms with Crippen molar-refractivity contribution < 1.29 is 27.0 Å². The molecule has 0 aliphatic rings. The Bertz CT molecular complexity index is 413. The van der Waals surface area contributed by atoms with Gasteiger partial charge in [-0.25, -0.2) is 13.2 Å². The van der Waals surface area contributed by atoms with Gasteiger partial charge in [-0.2, -0.15) is 0 Å². The second-order valence-corrected chi connectivity index (χ2v) is 6.85. The summed E-state index contributed by atoms with van der Waals surface area (Å²) >= 11 is 0. The Kier molecular flexibility index (Phi) is 5.98. The van der Waals surface area contributed by atoms with Crippen molar-refractivity contribution in [3.05, 3.63) is 12.2 Å². The van der Waals surface area contributed by atoms with E-state index in [2.05, 4.69) is 6.58 Å². The van der Waals surface area contributed by atoms with Crippen molar-refractivity contribution >= 4 is 16.1 Å². The Balaban J connectivity index is 4.25. The van der Waals surface area contributed by atoms with Crippen LogP contribution in [-0.2, 0) is 19.6 Å². The summed E-state index contributed by atoms with van der Waals surface area (Å²) in [4.78, 5) is 11.1. The molecular weight excluding hydrogens is 258 g/mol. The summed E-state index contributed by atoms with van der Waals surface area (Å²) in [7, 11) is -0.730. The lowest BCUT2D eigenvalue weighted by molar-refractivity contribution is -0.889. The third-order valence-electron chi connectivity index (χ3n) is 2.52. The molecule has 0 heterocycles. The number of quaternary nitrogens is 1. The molecule has 0 spiro atoms. The van der Waals surface area contributed by atoms with Gasteiger partial charge in [0.05, 0.1) is 25.9 Å². The summed E-state index contributed by atoms with van der Waals surface area (Å²) in [6, 6.07) is 0.